The average Bonchev–Trinajstić information content (AvgIpc) is 2.37. The molecule has 1 aromatic rings. The highest BCUT2D eigenvalue weighted by Gasteiger charge is 2.29. The van der Waals surface area contributed by atoms with E-state index in [-0.39, 0.29) is 17.1 Å². The van der Waals surface area contributed by atoms with E-state index in [9.17, 15) is 9.18 Å². The maximum atomic E-state index is 13.6. The molecule has 0 aliphatic carbocycles. The van der Waals surface area contributed by atoms with Gasteiger partial charge in [0.05, 0.1) is 0 Å². The summed E-state index contributed by atoms with van der Waals surface area (Å²) in [5.74, 6) is -0.172. The molecule has 0 saturated carbocycles. The molecule has 0 fully saturated rings. The second-order valence-electron chi connectivity index (χ2n) is 5.15. The van der Waals surface area contributed by atoms with Crippen molar-refractivity contribution in [3.05, 3.63) is 35.6 Å². The molecular weight excluding hydrogens is 229 g/mol. The fourth-order valence-electron chi connectivity index (χ4n) is 1.74. The highest BCUT2D eigenvalue weighted by molar-refractivity contribution is 5.81. The molecule has 3 heteroatoms. The summed E-state index contributed by atoms with van der Waals surface area (Å²) < 4.78 is 13.6. The Balaban J connectivity index is 2.86. The van der Waals surface area contributed by atoms with E-state index < -0.39 is 0 Å². The number of amides is 1. The van der Waals surface area contributed by atoms with Crippen LogP contribution in [0.15, 0.2) is 24.3 Å². The highest BCUT2D eigenvalue weighted by Crippen LogP contribution is 2.24. The summed E-state index contributed by atoms with van der Waals surface area (Å²) in [7, 11) is 0. The standard InChI is InChI=1S/C15H22FNO/c1-5-15(3,4)14(18)17(6-2)11-12-9-7-8-10-13(12)16/h7-10H,5-6,11H2,1-4H3. The molecular formula is C15H22FNO. The molecule has 0 heterocycles. The fraction of sp³-hybridized carbons (Fsp3) is 0.533. The van der Waals surface area contributed by atoms with Crippen LogP contribution in [0.25, 0.3) is 0 Å². The van der Waals surface area contributed by atoms with Gasteiger partial charge >= 0.3 is 0 Å². The number of benzene rings is 1. The Morgan fingerprint density at radius 3 is 2.39 bits per heavy atom. The van der Waals surface area contributed by atoms with E-state index in [0.29, 0.717) is 18.7 Å². The minimum atomic E-state index is -0.388. The number of nitrogens with zero attached hydrogens (tertiary/aromatic N) is 1. The van der Waals surface area contributed by atoms with Gasteiger partial charge < -0.3 is 4.90 Å². The van der Waals surface area contributed by atoms with Gasteiger partial charge in [-0.2, -0.15) is 0 Å². The first-order valence-corrected chi connectivity index (χ1v) is 6.45. The fourth-order valence-corrected chi connectivity index (χ4v) is 1.74. The van der Waals surface area contributed by atoms with Crippen molar-refractivity contribution in [3.63, 3.8) is 0 Å². The lowest BCUT2D eigenvalue weighted by atomic mass is 9.88. The smallest absolute Gasteiger partial charge is 0.228 e. The van der Waals surface area contributed by atoms with Crippen LogP contribution in [0.1, 0.15) is 39.7 Å². The van der Waals surface area contributed by atoms with Gasteiger partial charge in [-0.05, 0) is 19.4 Å². The van der Waals surface area contributed by atoms with Crippen molar-refractivity contribution in [1.29, 1.82) is 0 Å². The summed E-state index contributed by atoms with van der Waals surface area (Å²) in [6.07, 6.45) is 0.777. The number of halogens is 1. The SMILES string of the molecule is CCN(Cc1ccccc1F)C(=O)C(C)(C)CC. The lowest BCUT2D eigenvalue weighted by molar-refractivity contribution is -0.141. The second kappa shape index (κ2) is 5.98. The Kier molecular flexibility index (Phi) is 4.88. The molecule has 100 valence electrons. The van der Waals surface area contributed by atoms with E-state index in [1.54, 1.807) is 23.1 Å². The zero-order valence-corrected chi connectivity index (χ0v) is 11.7. The van der Waals surface area contributed by atoms with Crippen molar-refractivity contribution in [2.75, 3.05) is 6.54 Å². The number of carbonyl (C=O) groups is 1. The summed E-state index contributed by atoms with van der Waals surface area (Å²) in [6.45, 7) is 8.71. The Labute approximate surface area is 109 Å². The molecule has 0 radical (unpaired) electrons. The molecule has 0 aromatic heterocycles. The molecule has 1 rings (SSSR count). The Morgan fingerprint density at radius 2 is 1.89 bits per heavy atom. The van der Waals surface area contributed by atoms with Crippen LogP contribution in [0.2, 0.25) is 0 Å². The first-order chi connectivity index (χ1) is 8.42. The van der Waals surface area contributed by atoms with Gasteiger partial charge in [-0.3, -0.25) is 4.79 Å². The molecule has 1 aromatic carbocycles. The Hall–Kier alpha value is -1.38. The van der Waals surface area contributed by atoms with Crippen molar-refractivity contribution < 1.29 is 9.18 Å². The quantitative estimate of drug-likeness (QED) is 0.783. The van der Waals surface area contributed by atoms with E-state index in [2.05, 4.69) is 0 Å². The van der Waals surface area contributed by atoms with Crippen molar-refractivity contribution in [3.8, 4) is 0 Å². The van der Waals surface area contributed by atoms with E-state index >= 15 is 0 Å². The van der Waals surface area contributed by atoms with Crippen molar-refractivity contribution in [2.24, 2.45) is 5.41 Å². The molecule has 0 aliphatic rings. The summed E-state index contributed by atoms with van der Waals surface area (Å²) in [4.78, 5) is 14.1. The zero-order valence-electron chi connectivity index (χ0n) is 11.7. The van der Waals surface area contributed by atoms with Crippen LogP contribution in [-0.2, 0) is 11.3 Å². The normalized spacial score (nSPS) is 11.4. The van der Waals surface area contributed by atoms with Gasteiger partial charge in [0, 0.05) is 24.1 Å². The van der Waals surface area contributed by atoms with Crippen LogP contribution < -0.4 is 0 Å². The minimum Gasteiger partial charge on any atom is -0.338 e. The van der Waals surface area contributed by atoms with Crippen molar-refractivity contribution >= 4 is 5.91 Å². The van der Waals surface area contributed by atoms with Gasteiger partial charge in [0.15, 0.2) is 0 Å². The van der Waals surface area contributed by atoms with Crippen molar-refractivity contribution in [2.45, 2.75) is 40.7 Å². The number of hydrogen-bond acceptors (Lipinski definition) is 1. The minimum absolute atomic E-state index is 0.0794. The van der Waals surface area contributed by atoms with Gasteiger partial charge in [-0.1, -0.05) is 39.0 Å². The van der Waals surface area contributed by atoms with Crippen LogP contribution in [0.5, 0.6) is 0 Å². The average molecular weight is 251 g/mol. The van der Waals surface area contributed by atoms with Gasteiger partial charge in [-0.15, -0.1) is 0 Å². The number of rotatable bonds is 5. The van der Waals surface area contributed by atoms with Crippen molar-refractivity contribution in [1.82, 2.24) is 4.90 Å². The number of carbonyl (C=O) groups excluding carboxylic acids is 1. The molecule has 0 N–H and O–H groups in total. The first kappa shape index (κ1) is 14.7. The molecule has 0 unspecified atom stereocenters. The van der Waals surface area contributed by atoms with Crippen LogP contribution in [0.4, 0.5) is 4.39 Å². The maximum Gasteiger partial charge on any atom is 0.228 e. The summed E-state index contributed by atoms with van der Waals surface area (Å²) in [5, 5.41) is 0. The lowest BCUT2D eigenvalue weighted by Crippen LogP contribution is -2.40. The molecule has 0 saturated heterocycles. The zero-order chi connectivity index (χ0) is 13.8. The second-order valence-corrected chi connectivity index (χ2v) is 5.15. The van der Waals surface area contributed by atoms with Gasteiger partial charge in [0.25, 0.3) is 0 Å². The molecule has 0 atom stereocenters. The molecule has 0 bridgehead atoms. The topological polar surface area (TPSA) is 20.3 Å². The van der Waals surface area contributed by atoms with E-state index in [0.717, 1.165) is 6.42 Å². The molecule has 2 nitrogen and oxygen atoms in total. The van der Waals surface area contributed by atoms with Crippen LogP contribution in [0, 0.1) is 11.2 Å². The van der Waals surface area contributed by atoms with Gasteiger partial charge in [0.1, 0.15) is 5.82 Å². The first-order valence-electron chi connectivity index (χ1n) is 6.45. The molecule has 0 aliphatic heterocycles. The third-order valence-electron chi connectivity index (χ3n) is 3.45. The van der Waals surface area contributed by atoms with Crippen LogP contribution in [-0.4, -0.2) is 17.4 Å². The van der Waals surface area contributed by atoms with Crippen LogP contribution >= 0.6 is 0 Å². The summed E-state index contributed by atoms with van der Waals surface area (Å²) in [5.41, 5.74) is 0.181. The number of hydrogen-bond donors (Lipinski definition) is 0. The van der Waals surface area contributed by atoms with E-state index in [1.807, 2.05) is 27.7 Å². The van der Waals surface area contributed by atoms with E-state index in [4.69, 9.17) is 0 Å². The maximum absolute atomic E-state index is 13.6. The van der Waals surface area contributed by atoms with Gasteiger partial charge in [-0.25, -0.2) is 4.39 Å². The molecule has 1 amide bonds. The summed E-state index contributed by atoms with van der Waals surface area (Å²) in [6, 6.07) is 6.61. The predicted octanol–water partition coefficient (Wildman–Crippen LogP) is 3.61. The summed E-state index contributed by atoms with van der Waals surface area (Å²) >= 11 is 0. The van der Waals surface area contributed by atoms with Crippen LogP contribution in [0.3, 0.4) is 0 Å². The predicted molar refractivity (Wildman–Crippen MR) is 71.6 cm³/mol. The van der Waals surface area contributed by atoms with E-state index in [1.165, 1.54) is 6.07 Å². The Morgan fingerprint density at radius 1 is 1.28 bits per heavy atom. The third-order valence-corrected chi connectivity index (χ3v) is 3.45. The molecule has 18 heavy (non-hydrogen) atoms. The monoisotopic (exact) mass is 251 g/mol. The molecule has 0 spiro atoms. The largest absolute Gasteiger partial charge is 0.338 e. The highest BCUT2D eigenvalue weighted by atomic mass is 19.1. The Bertz CT molecular complexity index is 415. The third kappa shape index (κ3) is 3.31. The lowest BCUT2D eigenvalue weighted by Gasteiger charge is -2.30. The van der Waals surface area contributed by atoms with Gasteiger partial charge in [0.2, 0.25) is 5.91 Å².